The van der Waals surface area contributed by atoms with Crippen LogP contribution in [0, 0.1) is 12.3 Å². The standard InChI is InChI=1S/C15H20N2O2.ClH/c1-5-9-16-12(2)10-13-7-6-8-14(11-13)19-15(18)17(3)4;/h1,6-8,11-12,16H,9-10H2,2-4H3;1H. The largest absolute Gasteiger partial charge is 1.00 e. The summed E-state index contributed by atoms with van der Waals surface area (Å²) in [5, 5.41) is 2.11. The van der Waals surface area contributed by atoms with E-state index in [0.29, 0.717) is 18.3 Å². The maximum Gasteiger partial charge on any atom is 0.414 e. The van der Waals surface area contributed by atoms with Crippen molar-refractivity contribution in [3.8, 4) is 18.1 Å². The van der Waals surface area contributed by atoms with Gasteiger partial charge in [0.1, 0.15) is 12.3 Å². The fourth-order valence-corrected chi connectivity index (χ4v) is 1.65. The Morgan fingerprint density at radius 2 is 2.20 bits per heavy atom. The molecule has 0 fully saturated rings. The van der Waals surface area contributed by atoms with Gasteiger partial charge in [-0.15, -0.1) is 6.42 Å². The van der Waals surface area contributed by atoms with Crippen LogP contribution in [0.2, 0.25) is 0 Å². The zero-order valence-corrected chi connectivity index (χ0v) is 12.9. The Labute approximate surface area is 126 Å². The quantitative estimate of drug-likeness (QED) is 0.632. The summed E-state index contributed by atoms with van der Waals surface area (Å²) in [6.45, 7) is 2.80. The Balaban J connectivity index is 0.00000361. The van der Waals surface area contributed by atoms with Crippen molar-refractivity contribution in [1.29, 1.82) is 0 Å². The number of nitrogens with two attached hydrogens (primary N) is 1. The van der Waals surface area contributed by atoms with Crippen LogP contribution in [0.15, 0.2) is 24.3 Å². The van der Waals surface area contributed by atoms with E-state index >= 15 is 0 Å². The van der Waals surface area contributed by atoms with Crippen LogP contribution in [0.4, 0.5) is 4.79 Å². The van der Waals surface area contributed by atoms with E-state index < -0.39 is 0 Å². The molecule has 1 amide bonds. The minimum atomic E-state index is -0.371. The van der Waals surface area contributed by atoms with Gasteiger partial charge in [-0.05, 0) is 30.5 Å². The number of benzene rings is 1. The van der Waals surface area contributed by atoms with Gasteiger partial charge < -0.3 is 27.4 Å². The lowest BCUT2D eigenvalue weighted by Crippen LogP contribution is -3.00. The van der Waals surface area contributed by atoms with Crippen LogP contribution in [0.3, 0.4) is 0 Å². The molecule has 0 heterocycles. The third kappa shape index (κ3) is 6.46. The topological polar surface area (TPSA) is 46.1 Å². The molecule has 0 saturated carbocycles. The number of ether oxygens (including phenoxy) is 1. The maximum absolute atomic E-state index is 11.5. The van der Waals surface area contributed by atoms with E-state index in [1.54, 1.807) is 20.2 Å². The molecular weight excluding hydrogens is 276 g/mol. The molecule has 1 atom stereocenters. The Morgan fingerprint density at radius 1 is 1.50 bits per heavy atom. The molecule has 0 spiro atoms. The van der Waals surface area contributed by atoms with Crippen LogP contribution in [0.5, 0.6) is 5.75 Å². The first-order valence-corrected chi connectivity index (χ1v) is 6.27. The predicted molar refractivity (Wildman–Crippen MR) is 74.9 cm³/mol. The van der Waals surface area contributed by atoms with Crippen molar-refractivity contribution in [3.05, 3.63) is 29.8 Å². The number of amides is 1. The van der Waals surface area contributed by atoms with Gasteiger partial charge in [0.2, 0.25) is 0 Å². The minimum absolute atomic E-state index is 0. The molecule has 0 saturated heterocycles. The lowest BCUT2D eigenvalue weighted by molar-refractivity contribution is -0.675. The van der Waals surface area contributed by atoms with E-state index in [0.717, 1.165) is 12.0 Å². The summed E-state index contributed by atoms with van der Waals surface area (Å²) in [5.41, 5.74) is 1.13. The highest BCUT2D eigenvalue weighted by atomic mass is 35.5. The molecule has 5 heteroatoms. The summed E-state index contributed by atoms with van der Waals surface area (Å²) >= 11 is 0. The Bertz CT molecular complexity index is 469. The second-order valence-corrected chi connectivity index (χ2v) is 4.74. The van der Waals surface area contributed by atoms with Crippen molar-refractivity contribution in [2.24, 2.45) is 0 Å². The van der Waals surface area contributed by atoms with Gasteiger partial charge in [-0.25, -0.2) is 4.79 Å². The van der Waals surface area contributed by atoms with Crippen LogP contribution < -0.4 is 22.5 Å². The number of nitrogens with zero attached hydrogens (tertiary/aromatic N) is 1. The Kier molecular flexibility index (Phi) is 8.46. The molecule has 0 aliphatic carbocycles. The van der Waals surface area contributed by atoms with E-state index in [4.69, 9.17) is 11.2 Å². The molecule has 1 aromatic rings. The van der Waals surface area contributed by atoms with Crippen molar-refractivity contribution in [2.45, 2.75) is 19.4 Å². The van der Waals surface area contributed by atoms with Gasteiger partial charge in [-0.2, -0.15) is 0 Å². The van der Waals surface area contributed by atoms with Crippen LogP contribution in [0.1, 0.15) is 12.5 Å². The summed E-state index contributed by atoms with van der Waals surface area (Å²) in [5.74, 6) is 3.17. The van der Waals surface area contributed by atoms with Gasteiger partial charge in [-0.3, -0.25) is 0 Å². The van der Waals surface area contributed by atoms with Crippen LogP contribution in [-0.2, 0) is 6.42 Å². The van der Waals surface area contributed by atoms with Crippen LogP contribution >= 0.6 is 0 Å². The number of quaternary nitrogens is 1. The van der Waals surface area contributed by atoms with Gasteiger partial charge >= 0.3 is 6.09 Å². The summed E-state index contributed by atoms with van der Waals surface area (Å²) in [6, 6.07) is 7.98. The number of carbonyl (C=O) groups is 1. The van der Waals surface area contributed by atoms with Crippen LogP contribution in [0.25, 0.3) is 0 Å². The zero-order chi connectivity index (χ0) is 14.3. The first kappa shape index (κ1) is 18.3. The molecular formula is C15H21ClN2O2. The minimum Gasteiger partial charge on any atom is -1.00 e. The predicted octanol–water partition coefficient (Wildman–Crippen LogP) is -2.12. The second-order valence-electron chi connectivity index (χ2n) is 4.74. The molecule has 110 valence electrons. The summed E-state index contributed by atoms with van der Waals surface area (Å²) < 4.78 is 5.22. The SMILES string of the molecule is C#CC[NH2+]C(C)Cc1cccc(OC(=O)N(C)C)c1.[Cl-]. The van der Waals surface area contributed by atoms with Crippen molar-refractivity contribution in [2.75, 3.05) is 20.6 Å². The number of terminal acetylenes is 1. The summed E-state index contributed by atoms with van der Waals surface area (Å²) in [7, 11) is 3.31. The zero-order valence-electron chi connectivity index (χ0n) is 12.1. The third-order valence-electron chi connectivity index (χ3n) is 2.66. The fourth-order valence-electron chi connectivity index (χ4n) is 1.65. The molecule has 2 N–H and O–H groups in total. The molecule has 0 aliphatic rings. The summed E-state index contributed by atoms with van der Waals surface area (Å²) in [6.07, 6.45) is 5.75. The van der Waals surface area contributed by atoms with E-state index in [2.05, 4.69) is 18.2 Å². The maximum atomic E-state index is 11.5. The number of carbonyl (C=O) groups excluding carboxylic acids is 1. The van der Waals surface area contributed by atoms with E-state index in [1.165, 1.54) is 4.90 Å². The van der Waals surface area contributed by atoms with Crippen molar-refractivity contribution in [3.63, 3.8) is 0 Å². The molecule has 1 unspecified atom stereocenters. The average Bonchev–Trinajstić information content (AvgIpc) is 2.36. The first-order valence-electron chi connectivity index (χ1n) is 6.27. The second kappa shape index (κ2) is 9.24. The number of halogens is 1. The fraction of sp³-hybridized carbons (Fsp3) is 0.400. The van der Waals surface area contributed by atoms with Crippen molar-refractivity contribution in [1.82, 2.24) is 4.90 Å². The number of hydrogen-bond acceptors (Lipinski definition) is 2. The molecule has 20 heavy (non-hydrogen) atoms. The monoisotopic (exact) mass is 296 g/mol. The van der Waals surface area contributed by atoms with Crippen LogP contribution in [-0.4, -0.2) is 37.7 Å². The van der Waals surface area contributed by atoms with E-state index in [-0.39, 0.29) is 18.5 Å². The van der Waals surface area contributed by atoms with Gasteiger partial charge in [-0.1, -0.05) is 12.1 Å². The van der Waals surface area contributed by atoms with Crippen molar-refractivity contribution >= 4 is 6.09 Å². The highest BCUT2D eigenvalue weighted by Crippen LogP contribution is 2.15. The Morgan fingerprint density at radius 3 is 2.80 bits per heavy atom. The molecule has 0 aromatic heterocycles. The summed E-state index contributed by atoms with van der Waals surface area (Å²) in [4.78, 5) is 12.9. The molecule has 0 radical (unpaired) electrons. The lowest BCUT2D eigenvalue weighted by Gasteiger charge is -2.12. The van der Waals surface area contributed by atoms with Crippen molar-refractivity contribution < 1.29 is 27.3 Å². The average molecular weight is 297 g/mol. The van der Waals surface area contributed by atoms with E-state index in [1.807, 2.05) is 18.2 Å². The molecule has 1 aromatic carbocycles. The first-order chi connectivity index (χ1) is 9.02. The lowest BCUT2D eigenvalue weighted by atomic mass is 10.1. The normalized spacial score (nSPS) is 10.9. The smallest absolute Gasteiger partial charge is 0.414 e. The third-order valence-corrected chi connectivity index (χ3v) is 2.66. The molecule has 0 aliphatic heterocycles. The molecule has 0 bridgehead atoms. The van der Waals surface area contributed by atoms with Gasteiger partial charge in [0.25, 0.3) is 0 Å². The number of rotatable bonds is 5. The highest BCUT2D eigenvalue weighted by Gasteiger charge is 2.09. The van der Waals surface area contributed by atoms with Gasteiger partial charge in [0.05, 0.1) is 6.04 Å². The van der Waals surface area contributed by atoms with Gasteiger partial charge in [0, 0.05) is 20.5 Å². The highest BCUT2D eigenvalue weighted by molar-refractivity contribution is 5.69. The van der Waals surface area contributed by atoms with E-state index in [9.17, 15) is 4.79 Å². The molecule has 1 rings (SSSR count). The Hall–Kier alpha value is -1.70. The van der Waals surface area contributed by atoms with Gasteiger partial charge in [0.15, 0.2) is 0 Å². The molecule has 4 nitrogen and oxygen atoms in total. The number of hydrogen-bond donors (Lipinski definition) is 1.